The minimum Gasteiger partial charge on any atom is -0.303 e. The number of piperidine rings is 1. The lowest BCUT2D eigenvalue weighted by molar-refractivity contribution is -0.108. The van der Waals surface area contributed by atoms with Crippen LogP contribution in [0.1, 0.15) is 6.42 Å². The summed E-state index contributed by atoms with van der Waals surface area (Å²) in [5.41, 5.74) is 0. The second kappa shape index (κ2) is 3.58. The second-order valence-electron chi connectivity index (χ2n) is 4.47. The van der Waals surface area contributed by atoms with E-state index in [2.05, 4.69) is 0 Å². The van der Waals surface area contributed by atoms with Gasteiger partial charge in [-0.3, -0.25) is 0 Å². The van der Waals surface area contributed by atoms with Gasteiger partial charge in [-0.05, 0) is 13.5 Å². The maximum Gasteiger partial charge on any atom is 0.404 e. The molecule has 3 saturated heterocycles. The van der Waals surface area contributed by atoms with E-state index in [-0.39, 0.29) is 12.1 Å². The average molecular weight is 258 g/mol. The number of alkyl halides is 3. The van der Waals surface area contributed by atoms with E-state index in [0.717, 1.165) is 4.31 Å². The van der Waals surface area contributed by atoms with Crippen molar-refractivity contribution in [3.05, 3.63) is 0 Å². The SMILES string of the molecule is CN1CC2CC(C1)N2S(=O)(=O)CC(F)(F)F. The fourth-order valence-corrected chi connectivity index (χ4v) is 4.30. The molecule has 3 heterocycles. The zero-order chi connectivity index (χ0) is 12.1. The first-order valence-corrected chi connectivity index (χ1v) is 6.56. The summed E-state index contributed by atoms with van der Waals surface area (Å²) in [6.45, 7) is 1.04. The van der Waals surface area contributed by atoms with Crippen LogP contribution in [-0.2, 0) is 10.0 Å². The summed E-state index contributed by atoms with van der Waals surface area (Å²) in [6, 6.07) is -0.535. The number of nitrogens with zero attached hydrogens (tertiary/aromatic N) is 2. The third kappa shape index (κ3) is 2.18. The number of hydrogen-bond acceptors (Lipinski definition) is 3. The van der Waals surface area contributed by atoms with E-state index < -0.39 is 22.0 Å². The Morgan fingerprint density at radius 1 is 1.25 bits per heavy atom. The van der Waals surface area contributed by atoms with Crippen LogP contribution >= 0.6 is 0 Å². The minimum atomic E-state index is -4.66. The number of sulfonamides is 1. The average Bonchev–Trinajstić information content (AvgIpc) is 1.95. The van der Waals surface area contributed by atoms with Gasteiger partial charge in [0.1, 0.15) is 0 Å². The zero-order valence-corrected chi connectivity index (χ0v) is 9.55. The highest BCUT2D eigenvalue weighted by Crippen LogP contribution is 2.36. The molecule has 4 nitrogen and oxygen atoms in total. The highest BCUT2D eigenvalue weighted by atomic mass is 32.2. The van der Waals surface area contributed by atoms with Gasteiger partial charge in [-0.2, -0.15) is 17.5 Å². The van der Waals surface area contributed by atoms with Crippen molar-refractivity contribution in [3.8, 4) is 0 Å². The van der Waals surface area contributed by atoms with Crippen molar-refractivity contribution in [2.24, 2.45) is 0 Å². The molecular weight excluding hydrogens is 245 g/mol. The molecule has 0 aliphatic carbocycles. The fraction of sp³-hybridized carbons (Fsp3) is 1.00. The Morgan fingerprint density at radius 2 is 1.75 bits per heavy atom. The number of fused-ring (bicyclic) bond motifs is 2. The van der Waals surface area contributed by atoms with Gasteiger partial charge in [0.25, 0.3) is 0 Å². The molecule has 0 spiro atoms. The number of likely N-dealkylation sites (N-methyl/N-ethyl adjacent to an activating group) is 1. The highest BCUT2D eigenvalue weighted by molar-refractivity contribution is 7.89. The van der Waals surface area contributed by atoms with Crippen molar-refractivity contribution in [3.63, 3.8) is 0 Å². The number of halogens is 3. The maximum absolute atomic E-state index is 12.1. The van der Waals surface area contributed by atoms with Gasteiger partial charge in [-0.25, -0.2) is 8.42 Å². The molecule has 3 fully saturated rings. The summed E-state index contributed by atoms with van der Waals surface area (Å²) < 4.78 is 60.4. The summed E-state index contributed by atoms with van der Waals surface area (Å²) in [5.74, 6) is -1.74. The third-order valence-corrected chi connectivity index (χ3v) is 4.91. The first-order chi connectivity index (χ1) is 7.19. The topological polar surface area (TPSA) is 40.6 Å². The molecule has 94 valence electrons. The predicted molar refractivity (Wildman–Crippen MR) is 51.4 cm³/mol. The van der Waals surface area contributed by atoms with Crippen LogP contribution in [0.3, 0.4) is 0 Å². The van der Waals surface area contributed by atoms with Gasteiger partial charge in [-0.15, -0.1) is 0 Å². The zero-order valence-electron chi connectivity index (χ0n) is 8.74. The van der Waals surface area contributed by atoms with Gasteiger partial charge in [0.2, 0.25) is 10.0 Å². The first kappa shape index (κ1) is 12.1. The van der Waals surface area contributed by atoms with Gasteiger partial charge < -0.3 is 4.90 Å². The van der Waals surface area contributed by atoms with Crippen LogP contribution in [0.4, 0.5) is 13.2 Å². The van der Waals surface area contributed by atoms with Crippen molar-refractivity contribution >= 4 is 10.0 Å². The molecule has 3 aliphatic rings. The Morgan fingerprint density at radius 3 is 2.19 bits per heavy atom. The molecular formula is C8H13F3N2O2S. The van der Waals surface area contributed by atoms with Crippen molar-refractivity contribution in [1.29, 1.82) is 0 Å². The van der Waals surface area contributed by atoms with Crippen LogP contribution in [0, 0.1) is 0 Å². The monoisotopic (exact) mass is 258 g/mol. The lowest BCUT2D eigenvalue weighted by Crippen LogP contribution is -2.69. The van der Waals surface area contributed by atoms with E-state index in [1.807, 2.05) is 11.9 Å². The molecule has 2 unspecified atom stereocenters. The Labute approximate surface area is 92.1 Å². The molecule has 2 atom stereocenters. The molecule has 0 N–H and O–H groups in total. The van der Waals surface area contributed by atoms with Crippen LogP contribution in [0.2, 0.25) is 0 Å². The Hall–Kier alpha value is -0.340. The van der Waals surface area contributed by atoms with Crippen LogP contribution in [0.25, 0.3) is 0 Å². The van der Waals surface area contributed by atoms with Crippen LogP contribution in [-0.4, -0.2) is 61.8 Å². The van der Waals surface area contributed by atoms with E-state index >= 15 is 0 Å². The Balaban J connectivity index is 2.09. The molecule has 0 saturated carbocycles. The maximum atomic E-state index is 12.1. The minimum absolute atomic E-state index is 0.268. The molecule has 3 rings (SSSR count). The van der Waals surface area contributed by atoms with E-state index in [0.29, 0.717) is 19.5 Å². The predicted octanol–water partition coefficient (Wildman–Crippen LogP) is 0.267. The largest absolute Gasteiger partial charge is 0.404 e. The van der Waals surface area contributed by atoms with Crippen molar-refractivity contribution in [1.82, 2.24) is 9.21 Å². The standard InChI is InChI=1S/C8H13F3N2O2S/c1-12-3-6-2-7(4-12)13(6)16(14,15)5-8(9,10)11/h6-7H,2-5H2,1H3. The highest BCUT2D eigenvalue weighted by Gasteiger charge is 2.52. The van der Waals surface area contributed by atoms with Crippen LogP contribution in [0.5, 0.6) is 0 Å². The molecule has 3 aliphatic heterocycles. The fourth-order valence-electron chi connectivity index (χ4n) is 2.52. The summed E-state index contributed by atoms with van der Waals surface area (Å²) >= 11 is 0. The van der Waals surface area contributed by atoms with Crippen molar-refractivity contribution < 1.29 is 21.6 Å². The summed E-state index contributed by atoms with van der Waals surface area (Å²) in [7, 11) is -2.34. The molecule has 0 amide bonds. The van der Waals surface area contributed by atoms with E-state index in [1.165, 1.54) is 0 Å². The Kier molecular flexibility index (Phi) is 2.71. The lowest BCUT2D eigenvalue weighted by atomic mass is 9.92. The second-order valence-corrected chi connectivity index (χ2v) is 6.34. The van der Waals surface area contributed by atoms with Gasteiger partial charge >= 0.3 is 6.18 Å². The van der Waals surface area contributed by atoms with Gasteiger partial charge in [0, 0.05) is 25.2 Å². The summed E-state index contributed by atoms with van der Waals surface area (Å²) in [6.07, 6.45) is -3.98. The van der Waals surface area contributed by atoms with E-state index in [9.17, 15) is 21.6 Å². The quantitative estimate of drug-likeness (QED) is 0.713. The van der Waals surface area contributed by atoms with Gasteiger partial charge in [0.05, 0.1) is 0 Å². The molecule has 0 aromatic carbocycles. The molecule has 0 radical (unpaired) electrons. The smallest absolute Gasteiger partial charge is 0.303 e. The van der Waals surface area contributed by atoms with E-state index in [4.69, 9.17) is 0 Å². The van der Waals surface area contributed by atoms with Crippen LogP contribution < -0.4 is 0 Å². The Bertz CT molecular complexity index is 369. The lowest BCUT2D eigenvalue weighted by Gasteiger charge is -2.54. The summed E-state index contributed by atoms with van der Waals surface area (Å²) in [5, 5.41) is 0. The normalized spacial score (nSPS) is 32.5. The van der Waals surface area contributed by atoms with Gasteiger partial charge in [0.15, 0.2) is 5.75 Å². The van der Waals surface area contributed by atoms with Crippen LogP contribution in [0.15, 0.2) is 0 Å². The summed E-state index contributed by atoms with van der Waals surface area (Å²) in [4.78, 5) is 1.94. The third-order valence-electron chi connectivity index (χ3n) is 2.98. The molecule has 2 bridgehead atoms. The number of rotatable bonds is 2. The van der Waals surface area contributed by atoms with Crippen molar-refractivity contribution in [2.75, 3.05) is 25.9 Å². The number of piperazine rings is 1. The van der Waals surface area contributed by atoms with E-state index in [1.54, 1.807) is 0 Å². The van der Waals surface area contributed by atoms with Gasteiger partial charge in [-0.1, -0.05) is 0 Å². The molecule has 16 heavy (non-hydrogen) atoms. The molecule has 0 aromatic rings. The van der Waals surface area contributed by atoms with Crippen molar-refractivity contribution in [2.45, 2.75) is 24.7 Å². The molecule has 8 heteroatoms. The number of hydrogen-bond donors (Lipinski definition) is 0. The molecule has 0 aromatic heterocycles. The first-order valence-electron chi connectivity index (χ1n) is 4.95.